The highest BCUT2D eigenvalue weighted by molar-refractivity contribution is 6.33. The SMILES string of the molecule is CCO/N=C/c1cc(-n2c(=O)[nH]c(C)c(C(=O)OCC)c2=O)ccc1Cl. The molecule has 0 radical (unpaired) electrons. The van der Waals surface area contributed by atoms with Crippen LogP contribution in [0.25, 0.3) is 5.69 Å². The number of aromatic nitrogens is 2. The van der Waals surface area contributed by atoms with E-state index in [1.54, 1.807) is 13.8 Å². The van der Waals surface area contributed by atoms with Crippen LogP contribution in [0.2, 0.25) is 5.02 Å². The highest BCUT2D eigenvalue weighted by atomic mass is 35.5. The third-order valence-electron chi connectivity index (χ3n) is 3.40. The van der Waals surface area contributed by atoms with Crippen molar-refractivity contribution < 1.29 is 14.4 Å². The van der Waals surface area contributed by atoms with Crippen LogP contribution in [0.3, 0.4) is 0 Å². The van der Waals surface area contributed by atoms with Crippen molar-refractivity contribution in [1.82, 2.24) is 9.55 Å². The summed E-state index contributed by atoms with van der Waals surface area (Å²) in [7, 11) is 0. The molecule has 0 fully saturated rings. The number of esters is 1. The Kier molecular flexibility index (Phi) is 6.35. The Balaban J connectivity index is 2.64. The van der Waals surface area contributed by atoms with E-state index in [4.69, 9.17) is 21.2 Å². The second kappa shape index (κ2) is 8.48. The molecule has 9 heteroatoms. The molecule has 0 saturated heterocycles. The number of aryl methyl sites for hydroxylation is 1. The van der Waals surface area contributed by atoms with Crippen LogP contribution in [0.1, 0.15) is 35.5 Å². The number of nitrogens with one attached hydrogen (secondary N) is 1. The number of H-pyrrole nitrogens is 1. The number of ether oxygens (including phenoxy) is 1. The van der Waals surface area contributed by atoms with Crippen molar-refractivity contribution in [2.75, 3.05) is 13.2 Å². The van der Waals surface area contributed by atoms with Gasteiger partial charge >= 0.3 is 11.7 Å². The maximum Gasteiger partial charge on any atom is 0.345 e. The minimum atomic E-state index is -0.799. The summed E-state index contributed by atoms with van der Waals surface area (Å²) in [6, 6.07) is 4.49. The number of carbonyl (C=O) groups excluding carboxylic acids is 1. The second-order valence-electron chi connectivity index (χ2n) is 5.15. The van der Waals surface area contributed by atoms with Crippen molar-refractivity contribution in [3.63, 3.8) is 0 Å². The third-order valence-corrected chi connectivity index (χ3v) is 3.75. The first-order chi connectivity index (χ1) is 12.4. The predicted octanol–water partition coefficient (Wildman–Crippen LogP) is 2.03. The summed E-state index contributed by atoms with van der Waals surface area (Å²) in [6.07, 6.45) is 1.37. The van der Waals surface area contributed by atoms with E-state index in [-0.39, 0.29) is 23.6 Å². The number of nitrogens with zero attached hydrogens (tertiary/aromatic N) is 2. The fraction of sp³-hybridized carbons (Fsp3) is 0.294. The molecule has 0 aliphatic carbocycles. The quantitative estimate of drug-likeness (QED) is 0.470. The molecule has 0 bridgehead atoms. The van der Waals surface area contributed by atoms with E-state index in [9.17, 15) is 14.4 Å². The molecule has 0 aliphatic rings. The monoisotopic (exact) mass is 379 g/mol. The topological polar surface area (TPSA) is 103 Å². The number of aromatic amines is 1. The van der Waals surface area contributed by atoms with Crippen molar-refractivity contribution in [1.29, 1.82) is 0 Å². The van der Waals surface area contributed by atoms with Crippen LogP contribution in [0.4, 0.5) is 0 Å². The summed E-state index contributed by atoms with van der Waals surface area (Å²) in [5.74, 6) is -0.799. The molecule has 1 aromatic carbocycles. The van der Waals surface area contributed by atoms with Gasteiger partial charge in [-0.1, -0.05) is 16.8 Å². The average Bonchev–Trinajstić information content (AvgIpc) is 2.57. The smallest absolute Gasteiger partial charge is 0.345 e. The Morgan fingerprint density at radius 3 is 2.69 bits per heavy atom. The van der Waals surface area contributed by atoms with Gasteiger partial charge in [0.1, 0.15) is 12.2 Å². The van der Waals surface area contributed by atoms with Crippen molar-refractivity contribution in [2.24, 2.45) is 5.16 Å². The van der Waals surface area contributed by atoms with Crippen LogP contribution >= 0.6 is 11.6 Å². The number of benzene rings is 1. The molecule has 0 spiro atoms. The first-order valence-electron chi connectivity index (χ1n) is 7.89. The average molecular weight is 380 g/mol. The molecule has 0 saturated carbocycles. The van der Waals surface area contributed by atoms with Gasteiger partial charge < -0.3 is 14.6 Å². The van der Waals surface area contributed by atoms with E-state index in [1.807, 2.05) is 0 Å². The molecular formula is C17H18ClN3O5. The molecule has 2 aromatic rings. The summed E-state index contributed by atoms with van der Waals surface area (Å²) in [6.45, 7) is 5.35. The van der Waals surface area contributed by atoms with Crippen molar-refractivity contribution in [2.45, 2.75) is 20.8 Å². The zero-order chi connectivity index (χ0) is 19.3. The van der Waals surface area contributed by atoms with E-state index >= 15 is 0 Å². The summed E-state index contributed by atoms with van der Waals surface area (Å²) >= 11 is 6.10. The highest BCUT2D eigenvalue weighted by Crippen LogP contribution is 2.17. The molecule has 0 atom stereocenters. The fourth-order valence-electron chi connectivity index (χ4n) is 2.26. The number of halogens is 1. The molecule has 0 amide bonds. The van der Waals surface area contributed by atoms with Gasteiger partial charge in [0.05, 0.1) is 18.5 Å². The minimum Gasteiger partial charge on any atom is -0.462 e. The molecule has 1 aromatic heterocycles. The van der Waals surface area contributed by atoms with E-state index in [0.717, 1.165) is 4.57 Å². The Morgan fingerprint density at radius 2 is 2.04 bits per heavy atom. The van der Waals surface area contributed by atoms with Gasteiger partial charge in [-0.05, 0) is 39.0 Å². The van der Waals surface area contributed by atoms with Gasteiger partial charge in [0.2, 0.25) is 0 Å². The lowest BCUT2D eigenvalue weighted by Gasteiger charge is -2.10. The zero-order valence-electron chi connectivity index (χ0n) is 14.5. The molecule has 0 aliphatic heterocycles. The maximum absolute atomic E-state index is 12.7. The van der Waals surface area contributed by atoms with Crippen LogP contribution < -0.4 is 11.2 Å². The molecule has 26 heavy (non-hydrogen) atoms. The lowest BCUT2D eigenvalue weighted by Crippen LogP contribution is -2.38. The first kappa shape index (κ1) is 19.5. The van der Waals surface area contributed by atoms with E-state index < -0.39 is 17.2 Å². The molecular weight excluding hydrogens is 362 g/mol. The number of oxime groups is 1. The number of rotatable bonds is 6. The van der Waals surface area contributed by atoms with E-state index in [2.05, 4.69) is 10.1 Å². The van der Waals surface area contributed by atoms with Gasteiger partial charge in [0.15, 0.2) is 0 Å². The molecule has 138 valence electrons. The lowest BCUT2D eigenvalue weighted by molar-refractivity contribution is 0.0522. The zero-order valence-corrected chi connectivity index (χ0v) is 15.3. The van der Waals surface area contributed by atoms with E-state index in [0.29, 0.717) is 17.2 Å². The van der Waals surface area contributed by atoms with Gasteiger partial charge in [-0.2, -0.15) is 0 Å². The van der Waals surface area contributed by atoms with Gasteiger partial charge in [-0.25, -0.2) is 14.2 Å². The third kappa shape index (κ3) is 4.02. The van der Waals surface area contributed by atoms with Gasteiger partial charge in [0.25, 0.3) is 5.56 Å². The minimum absolute atomic E-state index is 0.107. The van der Waals surface area contributed by atoms with Crippen LogP contribution in [-0.2, 0) is 9.57 Å². The normalized spacial score (nSPS) is 10.9. The van der Waals surface area contributed by atoms with Crippen molar-refractivity contribution in [3.8, 4) is 5.69 Å². The predicted molar refractivity (Wildman–Crippen MR) is 97.6 cm³/mol. The second-order valence-corrected chi connectivity index (χ2v) is 5.56. The molecule has 2 rings (SSSR count). The summed E-state index contributed by atoms with van der Waals surface area (Å²) in [5, 5.41) is 4.09. The highest BCUT2D eigenvalue weighted by Gasteiger charge is 2.20. The standard InChI is InChI=1S/C17H18ClN3O5/c1-4-25-16(23)14-10(3)20-17(24)21(15(14)22)12-6-7-13(18)11(8-12)9-19-26-5-2/h6-9H,4-5H2,1-3H3,(H,20,24)/b19-9+. The van der Waals surface area contributed by atoms with Crippen LogP contribution in [-0.4, -0.2) is 34.9 Å². The Labute approximate surface area is 154 Å². The molecule has 0 unspecified atom stereocenters. The molecule has 1 N–H and O–H groups in total. The van der Waals surface area contributed by atoms with Crippen LogP contribution in [0.15, 0.2) is 32.9 Å². The summed E-state index contributed by atoms with van der Waals surface area (Å²) in [5.41, 5.74) is -0.880. The summed E-state index contributed by atoms with van der Waals surface area (Å²) < 4.78 is 5.74. The fourth-order valence-corrected chi connectivity index (χ4v) is 2.43. The Bertz CT molecular complexity index is 962. The van der Waals surface area contributed by atoms with Gasteiger partial charge in [0, 0.05) is 16.3 Å². The van der Waals surface area contributed by atoms with Gasteiger partial charge in [-0.3, -0.25) is 4.79 Å². The summed E-state index contributed by atoms with van der Waals surface area (Å²) in [4.78, 5) is 44.5. The van der Waals surface area contributed by atoms with Gasteiger partial charge in [-0.15, -0.1) is 0 Å². The van der Waals surface area contributed by atoms with Crippen molar-refractivity contribution >= 4 is 23.8 Å². The first-order valence-corrected chi connectivity index (χ1v) is 8.26. The Hall–Kier alpha value is -2.87. The molecule has 1 heterocycles. The number of hydrogen-bond donors (Lipinski definition) is 1. The maximum atomic E-state index is 12.7. The van der Waals surface area contributed by atoms with Crippen molar-refractivity contribution in [3.05, 3.63) is 60.9 Å². The van der Waals surface area contributed by atoms with E-state index in [1.165, 1.54) is 31.3 Å². The number of carbonyl (C=O) groups is 1. The largest absolute Gasteiger partial charge is 0.462 e. The van der Waals surface area contributed by atoms with Crippen LogP contribution in [0, 0.1) is 6.92 Å². The van der Waals surface area contributed by atoms with Crippen LogP contribution in [0.5, 0.6) is 0 Å². The number of hydrogen-bond acceptors (Lipinski definition) is 6. The molecule has 8 nitrogen and oxygen atoms in total. The lowest BCUT2D eigenvalue weighted by atomic mass is 10.2. The Morgan fingerprint density at radius 1 is 1.31 bits per heavy atom.